The average Bonchev–Trinajstić information content (AvgIpc) is 2.72. The molecule has 0 saturated heterocycles. The highest BCUT2D eigenvalue weighted by atomic mass is 32.2. The van der Waals surface area contributed by atoms with Gasteiger partial charge in [0.05, 0.1) is 11.3 Å². The maximum Gasteiger partial charge on any atom is 0.336 e. The van der Waals surface area contributed by atoms with Crippen LogP contribution in [0.3, 0.4) is 0 Å². The lowest BCUT2D eigenvalue weighted by Gasteiger charge is -2.02. The predicted molar refractivity (Wildman–Crippen MR) is 68.4 cm³/mol. The van der Waals surface area contributed by atoms with Crippen LogP contribution in [-0.4, -0.2) is 30.2 Å². The first-order valence-electron chi connectivity index (χ1n) is 5.47. The number of hydrogen-bond donors (Lipinski definition) is 2. The number of carboxylic acid groups (broad SMARTS) is 1. The van der Waals surface area contributed by atoms with Gasteiger partial charge in [0, 0.05) is 22.9 Å². The first-order valence-corrected chi connectivity index (χ1v) is 7.29. The number of carboxylic acids is 1. The Morgan fingerprint density at radius 2 is 2.11 bits per heavy atom. The molecule has 1 heterocycles. The Hall–Kier alpha value is -1.82. The second kappa shape index (κ2) is 4.45. The third-order valence-electron chi connectivity index (χ3n) is 2.83. The van der Waals surface area contributed by atoms with Crippen LogP contribution in [0.15, 0.2) is 24.4 Å². The molecule has 0 aliphatic heterocycles. The zero-order valence-electron chi connectivity index (χ0n) is 9.80. The number of sulfone groups is 1. The highest BCUT2D eigenvalue weighted by Gasteiger charge is 2.17. The molecule has 2 rings (SSSR count). The number of nitrogens with one attached hydrogen (secondary N) is 1. The van der Waals surface area contributed by atoms with Crippen LogP contribution in [0, 0.1) is 0 Å². The summed E-state index contributed by atoms with van der Waals surface area (Å²) in [7, 11) is -3.19. The molecule has 0 fully saturated rings. The molecule has 0 atom stereocenters. The van der Waals surface area contributed by atoms with E-state index in [1.54, 1.807) is 25.3 Å². The minimum atomic E-state index is -3.19. The third kappa shape index (κ3) is 2.24. The summed E-state index contributed by atoms with van der Waals surface area (Å²) < 4.78 is 23.3. The Kier molecular flexibility index (Phi) is 3.13. The van der Waals surface area contributed by atoms with Gasteiger partial charge in [0.1, 0.15) is 0 Å². The molecule has 6 heteroatoms. The third-order valence-corrected chi connectivity index (χ3v) is 4.46. The second-order valence-corrected chi connectivity index (χ2v) is 6.38. The Morgan fingerprint density at radius 3 is 2.72 bits per heavy atom. The van der Waals surface area contributed by atoms with Crippen LogP contribution in [0.2, 0.25) is 0 Å². The zero-order chi connectivity index (χ0) is 13.3. The molecule has 0 bridgehead atoms. The van der Waals surface area contributed by atoms with Crippen LogP contribution in [0.5, 0.6) is 0 Å². The van der Waals surface area contributed by atoms with Crippen molar-refractivity contribution in [1.29, 1.82) is 0 Å². The molecule has 0 aliphatic carbocycles. The van der Waals surface area contributed by atoms with Gasteiger partial charge in [0.2, 0.25) is 0 Å². The fraction of sp³-hybridized carbons (Fsp3) is 0.250. The smallest absolute Gasteiger partial charge is 0.336 e. The van der Waals surface area contributed by atoms with Crippen molar-refractivity contribution in [1.82, 2.24) is 4.98 Å². The molecule has 1 aromatic carbocycles. The van der Waals surface area contributed by atoms with E-state index in [0.29, 0.717) is 16.5 Å². The summed E-state index contributed by atoms with van der Waals surface area (Å²) in [6, 6.07) is 4.82. The van der Waals surface area contributed by atoms with Gasteiger partial charge in [0.15, 0.2) is 9.84 Å². The lowest BCUT2D eigenvalue weighted by Crippen LogP contribution is -2.07. The van der Waals surface area contributed by atoms with E-state index < -0.39 is 15.8 Å². The maximum absolute atomic E-state index is 11.6. The van der Waals surface area contributed by atoms with E-state index in [-0.39, 0.29) is 17.1 Å². The van der Waals surface area contributed by atoms with Gasteiger partial charge in [-0.3, -0.25) is 0 Å². The fourth-order valence-corrected chi connectivity index (χ4v) is 2.79. The Labute approximate surface area is 104 Å². The Morgan fingerprint density at radius 1 is 1.39 bits per heavy atom. The van der Waals surface area contributed by atoms with Crippen molar-refractivity contribution in [2.75, 3.05) is 5.75 Å². The van der Waals surface area contributed by atoms with Crippen molar-refractivity contribution >= 4 is 26.7 Å². The predicted octanol–water partition coefficient (Wildman–Crippen LogP) is 1.80. The number of benzene rings is 1. The Bertz CT molecular complexity index is 700. The van der Waals surface area contributed by atoms with E-state index in [1.165, 1.54) is 6.07 Å². The Balaban J connectivity index is 2.63. The minimum absolute atomic E-state index is 0.0366. The van der Waals surface area contributed by atoms with Gasteiger partial charge in [-0.25, -0.2) is 13.2 Å². The standard InChI is InChI=1S/C12H13NO4S/c1-2-18(16,17)7-8-6-13-10-5-3-4-9(11(8)10)12(14)15/h3-6,13H,2,7H2,1H3,(H,14,15). The van der Waals surface area contributed by atoms with E-state index in [2.05, 4.69) is 4.98 Å². The van der Waals surface area contributed by atoms with Gasteiger partial charge in [-0.1, -0.05) is 13.0 Å². The summed E-state index contributed by atoms with van der Waals surface area (Å²) in [5.74, 6) is -1.17. The number of rotatable bonds is 4. The number of fused-ring (bicyclic) bond motifs is 1. The number of hydrogen-bond acceptors (Lipinski definition) is 3. The van der Waals surface area contributed by atoms with E-state index >= 15 is 0 Å². The monoisotopic (exact) mass is 267 g/mol. The van der Waals surface area contributed by atoms with Gasteiger partial charge >= 0.3 is 5.97 Å². The topological polar surface area (TPSA) is 87.2 Å². The van der Waals surface area contributed by atoms with Crippen molar-refractivity contribution in [3.63, 3.8) is 0 Å². The van der Waals surface area contributed by atoms with Crippen molar-refractivity contribution in [2.24, 2.45) is 0 Å². The molecule has 18 heavy (non-hydrogen) atoms. The van der Waals surface area contributed by atoms with Gasteiger partial charge < -0.3 is 10.1 Å². The van der Waals surface area contributed by atoms with E-state index in [0.717, 1.165) is 0 Å². The van der Waals surface area contributed by atoms with Crippen LogP contribution in [0.25, 0.3) is 10.9 Å². The molecule has 96 valence electrons. The van der Waals surface area contributed by atoms with E-state index in [9.17, 15) is 13.2 Å². The summed E-state index contributed by atoms with van der Waals surface area (Å²) in [6.45, 7) is 1.57. The van der Waals surface area contributed by atoms with E-state index in [4.69, 9.17) is 5.11 Å². The average molecular weight is 267 g/mol. The quantitative estimate of drug-likeness (QED) is 0.884. The summed E-state index contributed by atoms with van der Waals surface area (Å²) in [5, 5.41) is 9.59. The lowest BCUT2D eigenvalue weighted by atomic mass is 10.1. The van der Waals surface area contributed by atoms with Crippen molar-refractivity contribution in [2.45, 2.75) is 12.7 Å². The van der Waals surface area contributed by atoms with Crippen LogP contribution in [0.4, 0.5) is 0 Å². The van der Waals surface area contributed by atoms with Crippen LogP contribution in [0.1, 0.15) is 22.8 Å². The lowest BCUT2D eigenvalue weighted by molar-refractivity contribution is 0.0699. The number of H-pyrrole nitrogens is 1. The van der Waals surface area contributed by atoms with Crippen LogP contribution in [-0.2, 0) is 15.6 Å². The number of carbonyl (C=O) groups is 1. The van der Waals surface area contributed by atoms with Crippen molar-refractivity contribution < 1.29 is 18.3 Å². The molecule has 0 saturated carbocycles. The maximum atomic E-state index is 11.6. The molecule has 1 aromatic heterocycles. The SMILES string of the molecule is CCS(=O)(=O)Cc1c[nH]c2cccc(C(=O)O)c12. The van der Waals surface area contributed by atoms with Crippen molar-refractivity contribution in [3.8, 4) is 0 Å². The first-order chi connectivity index (χ1) is 8.44. The zero-order valence-corrected chi connectivity index (χ0v) is 10.6. The highest BCUT2D eigenvalue weighted by molar-refractivity contribution is 7.90. The molecule has 2 aromatic rings. The largest absolute Gasteiger partial charge is 0.478 e. The molecule has 5 nitrogen and oxygen atoms in total. The molecule has 0 unspecified atom stereocenters. The fourth-order valence-electron chi connectivity index (χ4n) is 1.89. The first kappa shape index (κ1) is 12.6. The molecule has 0 radical (unpaired) electrons. The summed E-state index contributed by atoms with van der Waals surface area (Å²) in [4.78, 5) is 14.0. The van der Waals surface area contributed by atoms with E-state index in [1.807, 2.05) is 0 Å². The molecule has 0 aliphatic rings. The molecule has 0 amide bonds. The van der Waals surface area contributed by atoms with Crippen LogP contribution < -0.4 is 0 Å². The normalized spacial score (nSPS) is 11.8. The van der Waals surface area contributed by atoms with Crippen LogP contribution >= 0.6 is 0 Å². The van der Waals surface area contributed by atoms with Gasteiger partial charge in [-0.05, 0) is 17.7 Å². The molecule has 0 spiro atoms. The number of aromatic nitrogens is 1. The highest BCUT2D eigenvalue weighted by Crippen LogP contribution is 2.24. The van der Waals surface area contributed by atoms with Gasteiger partial charge in [-0.2, -0.15) is 0 Å². The van der Waals surface area contributed by atoms with Gasteiger partial charge in [-0.15, -0.1) is 0 Å². The minimum Gasteiger partial charge on any atom is -0.478 e. The summed E-state index contributed by atoms with van der Waals surface area (Å²) in [5.41, 5.74) is 1.26. The summed E-state index contributed by atoms with van der Waals surface area (Å²) >= 11 is 0. The van der Waals surface area contributed by atoms with Gasteiger partial charge in [0.25, 0.3) is 0 Å². The number of aromatic amines is 1. The second-order valence-electron chi connectivity index (χ2n) is 4.02. The molecular formula is C12H13NO4S. The molecular weight excluding hydrogens is 254 g/mol. The number of aromatic carboxylic acids is 1. The summed E-state index contributed by atoms with van der Waals surface area (Å²) in [6.07, 6.45) is 1.56. The molecule has 2 N–H and O–H groups in total. The van der Waals surface area contributed by atoms with Crippen molar-refractivity contribution in [3.05, 3.63) is 35.5 Å².